The van der Waals surface area contributed by atoms with E-state index in [0.29, 0.717) is 0 Å². The van der Waals surface area contributed by atoms with Crippen molar-refractivity contribution >= 4 is 21.6 Å². The number of anilines is 1. The lowest BCUT2D eigenvalue weighted by atomic mass is 10.0. The molecule has 2 rings (SSSR count). The number of nitrogens with two attached hydrogens (primary N) is 1. The van der Waals surface area contributed by atoms with E-state index < -0.39 is 0 Å². The van der Waals surface area contributed by atoms with Crippen molar-refractivity contribution in [1.82, 2.24) is 0 Å². The van der Waals surface area contributed by atoms with E-state index in [1.165, 1.54) is 30.5 Å². The fraction of sp³-hybridized carbons (Fsp3) is 0.625. The highest BCUT2D eigenvalue weighted by Gasteiger charge is 2.29. The van der Waals surface area contributed by atoms with Crippen molar-refractivity contribution in [3.05, 3.63) is 28.2 Å². The highest BCUT2D eigenvalue weighted by molar-refractivity contribution is 9.10. The van der Waals surface area contributed by atoms with Crippen LogP contribution in [-0.2, 0) is 6.42 Å². The van der Waals surface area contributed by atoms with E-state index in [2.05, 4.69) is 52.9 Å². The summed E-state index contributed by atoms with van der Waals surface area (Å²) in [6, 6.07) is 7.68. The zero-order valence-electron chi connectivity index (χ0n) is 12.0. The van der Waals surface area contributed by atoms with Gasteiger partial charge in [-0.15, -0.1) is 0 Å². The van der Waals surface area contributed by atoms with E-state index in [0.717, 1.165) is 29.9 Å². The topological polar surface area (TPSA) is 29.3 Å². The molecular formula is C16H25BrN2. The van der Waals surface area contributed by atoms with Gasteiger partial charge in [0.05, 0.1) is 0 Å². The average Bonchev–Trinajstić information content (AvgIpc) is 3.21. The van der Waals surface area contributed by atoms with Gasteiger partial charge in [0, 0.05) is 28.8 Å². The fourth-order valence-electron chi connectivity index (χ4n) is 2.55. The molecule has 0 aromatic heterocycles. The summed E-state index contributed by atoms with van der Waals surface area (Å²) < 4.78 is 1.15. The second-order valence-corrected chi connectivity index (χ2v) is 6.49. The SMILES string of the molecule is CCCN(c1ccc(Br)cc1CC(N)CC)C1CC1. The molecule has 0 aliphatic heterocycles. The van der Waals surface area contributed by atoms with Crippen LogP contribution in [0.4, 0.5) is 5.69 Å². The van der Waals surface area contributed by atoms with Crippen molar-refractivity contribution in [2.45, 2.75) is 58.0 Å². The molecule has 19 heavy (non-hydrogen) atoms. The van der Waals surface area contributed by atoms with Gasteiger partial charge in [-0.3, -0.25) is 0 Å². The Morgan fingerprint density at radius 1 is 1.37 bits per heavy atom. The number of benzene rings is 1. The lowest BCUT2D eigenvalue weighted by Crippen LogP contribution is -2.29. The third-order valence-corrected chi connectivity index (χ3v) is 4.30. The number of halogens is 1. The monoisotopic (exact) mass is 324 g/mol. The molecule has 0 saturated heterocycles. The van der Waals surface area contributed by atoms with Crippen LogP contribution in [0.2, 0.25) is 0 Å². The van der Waals surface area contributed by atoms with E-state index in [1.807, 2.05) is 0 Å². The summed E-state index contributed by atoms with van der Waals surface area (Å²) in [6.45, 7) is 5.57. The van der Waals surface area contributed by atoms with Crippen LogP contribution < -0.4 is 10.6 Å². The minimum absolute atomic E-state index is 0.260. The van der Waals surface area contributed by atoms with Gasteiger partial charge in [-0.05, 0) is 55.9 Å². The van der Waals surface area contributed by atoms with Crippen molar-refractivity contribution in [1.29, 1.82) is 0 Å². The van der Waals surface area contributed by atoms with Crippen LogP contribution in [-0.4, -0.2) is 18.6 Å². The van der Waals surface area contributed by atoms with Gasteiger partial charge in [0.15, 0.2) is 0 Å². The minimum atomic E-state index is 0.260. The number of hydrogen-bond donors (Lipinski definition) is 1. The zero-order chi connectivity index (χ0) is 13.8. The molecule has 2 nitrogen and oxygen atoms in total. The molecule has 106 valence electrons. The standard InChI is InChI=1S/C16H25BrN2/c1-3-9-19(15-6-7-15)16-8-5-13(17)10-12(16)11-14(18)4-2/h5,8,10,14-15H,3-4,6-7,9,11,18H2,1-2H3. The first kappa shape index (κ1) is 14.9. The summed E-state index contributed by atoms with van der Waals surface area (Å²) in [5.74, 6) is 0. The maximum Gasteiger partial charge on any atom is 0.0402 e. The summed E-state index contributed by atoms with van der Waals surface area (Å²) in [7, 11) is 0. The molecule has 1 aromatic carbocycles. The molecule has 0 bridgehead atoms. The van der Waals surface area contributed by atoms with Crippen LogP contribution in [0.3, 0.4) is 0 Å². The molecule has 1 aliphatic rings. The molecule has 2 N–H and O–H groups in total. The Morgan fingerprint density at radius 2 is 2.11 bits per heavy atom. The van der Waals surface area contributed by atoms with Gasteiger partial charge < -0.3 is 10.6 Å². The molecule has 0 heterocycles. The largest absolute Gasteiger partial charge is 0.368 e. The lowest BCUT2D eigenvalue weighted by Gasteiger charge is -2.27. The van der Waals surface area contributed by atoms with E-state index in [9.17, 15) is 0 Å². The Bertz CT molecular complexity index is 415. The first-order valence-electron chi connectivity index (χ1n) is 7.46. The summed E-state index contributed by atoms with van der Waals surface area (Å²) in [6.07, 6.45) is 5.89. The number of hydrogen-bond acceptors (Lipinski definition) is 2. The molecular weight excluding hydrogens is 300 g/mol. The highest BCUT2D eigenvalue weighted by Crippen LogP contribution is 2.35. The second kappa shape index (κ2) is 6.76. The molecule has 1 aliphatic carbocycles. The van der Waals surface area contributed by atoms with Crippen LogP contribution >= 0.6 is 15.9 Å². The molecule has 0 radical (unpaired) electrons. The number of rotatable bonds is 7. The van der Waals surface area contributed by atoms with Gasteiger partial charge in [0.2, 0.25) is 0 Å². The van der Waals surface area contributed by atoms with Crippen molar-refractivity contribution in [2.24, 2.45) is 5.73 Å². The van der Waals surface area contributed by atoms with Crippen LogP contribution in [0.15, 0.2) is 22.7 Å². The fourth-order valence-corrected chi connectivity index (χ4v) is 2.96. The summed E-state index contributed by atoms with van der Waals surface area (Å²) in [5, 5.41) is 0. The van der Waals surface area contributed by atoms with Crippen molar-refractivity contribution in [2.75, 3.05) is 11.4 Å². The Labute approximate surface area is 125 Å². The normalized spacial score (nSPS) is 16.4. The van der Waals surface area contributed by atoms with Crippen molar-refractivity contribution < 1.29 is 0 Å². The van der Waals surface area contributed by atoms with Gasteiger partial charge in [-0.2, -0.15) is 0 Å². The molecule has 0 amide bonds. The first-order chi connectivity index (χ1) is 9.15. The van der Waals surface area contributed by atoms with Gasteiger partial charge in [-0.1, -0.05) is 29.8 Å². The van der Waals surface area contributed by atoms with Gasteiger partial charge >= 0.3 is 0 Å². The Kier molecular flexibility index (Phi) is 5.28. The first-order valence-corrected chi connectivity index (χ1v) is 8.25. The third-order valence-electron chi connectivity index (χ3n) is 3.81. The van der Waals surface area contributed by atoms with E-state index in [1.54, 1.807) is 0 Å². The Balaban J connectivity index is 2.26. The smallest absolute Gasteiger partial charge is 0.0402 e. The van der Waals surface area contributed by atoms with Crippen LogP contribution in [0.25, 0.3) is 0 Å². The van der Waals surface area contributed by atoms with Crippen molar-refractivity contribution in [3.8, 4) is 0 Å². The van der Waals surface area contributed by atoms with Crippen molar-refractivity contribution in [3.63, 3.8) is 0 Å². The number of nitrogens with zero attached hydrogens (tertiary/aromatic N) is 1. The quantitative estimate of drug-likeness (QED) is 0.817. The van der Waals surface area contributed by atoms with E-state index >= 15 is 0 Å². The molecule has 1 atom stereocenters. The average molecular weight is 325 g/mol. The predicted molar refractivity (Wildman–Crippen MR) is 86.8 cm³/mol. The molecule has 1 aromatic rings. The maximum absolute atomic E-state index is 6.16. The van der Waals surface area contributed by atoms with Crippen LogP contribution in [0.1, 0.15) is 45.1 Å². The third kappa shape index (κ3) is 3.96. The Hall–Kier alpha value is -0.540. The maximum atomic E-state index is 6.16. The molecule has 1 unspecified atom stereocenters. The molecule has 3 heteroatoms. The lowest BCUT2D eigenvalue weighted by molar-refractivity contribution is 0.642. The zero-order valence-corrected chi connectivity index (χ0v) is 13.6. The van der Waals surface area contributed by atoms with E-state index in [-0.39, 0.29) is 6.04 Å². The molecule has 1 saturated carbocycles. The summed E-state index contributed by atoms with van der Waals surface area (Å²) in [5.41, 5.74) is 8.95. The van der Waals surface area contributed by atoms with Crippen LogP contribution in [0, 0.1) is 0 Å². The van der Waals surface area contributed by atoms with E-state index in [4.69, 9.17) is 5.73 Å². The van der Waals surface area contributed by atoms with Gasteiger partial charge in [0.1, 0.15) is 0 Å². The van der Waals surface area contributed by atoms with Gasteiger partial charge in [-0.25, -0.2) is 0 Å². The minimum Gasteiger partial charge on any atom is -0.368 e. The Morgan fingerprint density at radius 3 is 2.68 bits per heavy atom. The predicted octanol–water partition coefficient (Wildman–Crippen LogP) is 4.11. The molecule has 1 fully saturated rings. The highest BCUT2D eigenvalue weighted by atomic mass is 79.9. The second-order valence-electron chi connectivity index (χ2n) is 5.57. The molecule has 0 spiro atoms. The van der Waals surface area contributed by atoms with Crippen LogP contribution in [0.5, 0.6) is 0 Å². The summed E-state index contributed by atoms with van der Waals surface area (Å²) in [4.78, 5) is 2.59. The van der Waals surface area contributed by atoms with Gasteiger partial charge in [0.25, 0.3) is 0 Å². The summed E-state index contributed by atoms with van der Waals surface area (Å²) >= 11 is 3.59.